The van der Waals surface area contributed by atoms with Crippen LogP contribution in [0.25, 0.3) is 0 Å². The molecule has 0 fully saturated rings. The molecule has 0 radical (unpaired) electrons. The third-order valence-corrected chi connectivity index (χ3v) is 11.8. The number of aliphatic hydroxyl groups excluding tert-OH is 2. The van der Waals surface area contributed by atoms with E-state index in [0.29, 0.717) is 6.42 Å². The summed E-state index contributed by atoms with van der Waals surface area (Å²) in [5.74, 6) is -0.0719. The second-order valence-corrected chi connectivity index (χ2v) is 17.6. The summed E-state index contributed by atoms with van der Waals surface area (Å²) in [6, 6.07) is -0.630. The number of amides is 1. The van der Waals surface area contributed by atoms with Gasteiger partial charge in [-0.1, -0.05) is 261 Å². The molecular formula is C55H101NO3. The smallest absolute Gasteiger partial charge is 0.220 e. The Morgan fingerprint density at radius 1 is 0.424 bits per heavy atom. The van der Waals surface area contributed by atoms with Gasteiger partial charge < -0.3 is 15.5 Å². The Balaban J connectivity index is 3.53. The van der Waals surface area contributed by atoms with Gasteiger partial charge in [-0.3, -0.25) is 4.79 Å². The van der Waals surface area contributed by atoms with Crippen molar-refractivity contribution in [2.75, 3.05) is 6.61 Å². The van der Waals surface area contributed by atoms with E-state index in [1.54, 1.807) is 6.08 Å². The molecule has 4 heteroatoms. The minimum Gasteiger partial charge on any atom is -0.394 e. The van der Waals surface area contributed by atoms with Gasteiger partial charge in [0.1, 0.15) is 0 Å². The third kappa shape index (κ3) is 47.0. The van der Waals surface area contributed by atoms with E-state index in [4.69, 9.17) is 0 Å². The van der Waals surface area contributed by atoms with Gasteiger partial charge in [-0.25, -0.2) is 0 Å². The number of aliphatic hydroxyl groups is 2. The Bertz CT molecular complexity index is 981. The van der Waals surface area contributed by atoms with E-state index < -0.39 is 12.1 Å². The lowest BCUT2D eigenvalue weighted by Gasteiger charge is -2.20. The van der Waals surface area contributed by atoms with Crippen molar-refractivity contribution in [3.63, 3.8) is 0 Å². The number of allylic oxidation sites excluding steroid dienone is 9. The fraction of sp³-hybridized carbons (Fsp3) is 0.800. The van der Waals surface area contributed by atoms with Crippen molar-refractivity contribution in [2.45, 2.75) is 276 Å². The highest BCUT2D eigenvalue weighted by molar-refractivity contribution is 5.76. The molecule has 2 atom stereocenters. The van der Waals surface area contributed by atoms with Crippen LogP contribution in [0.4, 0.5) is 0 Å². The average Bonchev–Trinajstić information content (AvgIpc) is 3.24. The number of rotatable bonds is 47. The van der Waals surface area contributed by atoms with Crippen LogP contribution in [-0.2, 0) is 4.79 Å². The molecule has 0 aliphatic carbocycles. The predicted molar refractivity (Wildman–Crippen MR) is 262 cm³/mol. The minimum atomic E-state index is -0.846. The first kappa shape index (κ1) is 57.1. The molecule has 0 rings (SSSR count). The van der Waals surface area contributed by atoms with Crippen LogP contribution in [0.5, 0.6) is 0 Å². The maximum atomic E-state index is 12.4. The Kier molecular flexibility index (Phi) is 48.8. The third-order valence-electron chi connectivity index (χ3n) is 11.8. The maximum Gasteiger partial charge on any atom is 0.220 e. The van der Waals surface area contributed by atoms with Crippen molar-refractivity contribution in [3.05, 3.63) is 60.8 Å². The van der Waals surface area contributed by atoms with Gasteiger partial charge in [-0.15, -0.1) is 0 Å². The van der Waals surface area contributed by atoms with E-state index in [-0.39, 0.29) is 12.5 Å². The Hall–Kier alpha value is -1.91. The summed E-state index contributed by atoms with van der Waals surface area (Å²) in [5.41, 5.74) is 0. The van der Waals surface area contributed by atoms with E-state index in [2.05, 4.69) is 67.8 Å². The van der Waals surface area contributed by atoms with Crippen molar-refractivity contribution in [3.8, 4) is 0 Å². The lowest BCUT2D eigenvalue weighted by molar-refractivity contribution is -0.123. The molecule has 0 heterocycles. The number of carbonyl (C=O) groups excluding carboxylic acids is 1. The summed E-state index contributed by atoms with van der Waals surface area (Å²) in [6.07, 6.45) is 70.7. The molecule has 0 saturated heterocycles. The summed E-state index contributed by atoms with van der Waals surface area (Å²) in [7, 11) is 0. The molecule has 0 spiro atoms. The first-order valence-corrected chi connectivity index (χ1v) is 26.0. The summed E-state index contributed by atoms with van der Waals surface area (Å²) >= 11 is 0. The van der Waals surface area contributed by atoms with E-state index >= 15 is 0 Å². The zero-order chi connectivity index (χ0) is 42.8. The molecule has 0 aromatic rings. The predicted octanol–water partition coefficient (Wildman–Crippen LogP) is 16.9. The molecule has 0 aromatic heterocycles. The lowest BCUT2D eigenvalue weighted by atomic mass is 10.0. The SMILES string of the molecule is CC/C=C\C/C=C\C/C=C\C/C=C\CCCCCCCCCCC(=O)NC(CO)C(O)/C=C/CCCCCCCCCCCCCCCCCCCCCCCCCC. The van der Waals surface area contributed by atoms with Gasteiger partial charge >= 0.3 is 0 Å². The summed E-state index contributed by atoms with van der Waals surface area (Å²) in [4.78, 5) is 12.4. The Morgan fingerprint density at radius 2 is 0.746 bits per heavy atom. The van der Waals surface area contributed by atoms with E-state index in [1.165, 1.54) is 193 Å². The van der Waals surface area contributed by atoms with Gasteiger partial charge in [-0.2, -0.15) is 0 Å². The summed E-state index contributed by atoms with van der Waals surface area (Å²) < 4.78 is 0. The zero-order valence-electron chi connectivity index (χ0n) is 39.5. The van der Waals surface area contributed by atoms with E-state index in [9.17, 15) is 15.0 Å². The monoisotopic (exact) mass is 824 g/mol. The molecular weight excluding hydrogens is 723 g/mol. The van der Waals surface area contributed by atoms with Crippen LogP contribution in [0.15, 0.2) is 60.8 Å². The molecule has 4 nitrogen and oxygen atoms in total. The zero-order valence-corrected chi connectivity index (χ0v) is 39.5. The highest BCUT2D eigenvalue weighted by atomic mass is 16.3. The molecule has 0 aromatic carbocycles. The molecule has 2 unspecified atom stereocenters. The Labute approximate surface area is 368 Å². The topological polar surface area (TPSA) is 69.6 Å². The van der Waals surface area contributed by atoms with Gasteiger partial charge in [0, 0.05) is 6.42 Å². The summed E-state index contributed by atoms with van der Waals surface area (Å²) in [6.45, 7) is 4.21. The van der Waals surface area contributed by atoms with E-state index in [1.807, 2.05) is 6.08 Å². The number of carbonyl (C=O) groups is 1. The van der Waals surface area contributed by atoms with Gasteiger partial charge in [0.2, 0.25) is 5.91 Å². The van der Waals surface area contributed by atoms with Gasteiger partial charge in [0.15, 0.2) is 0 Å². The molecule has 1 amide bonds. The summed E-state index contributed by atoms with van der Waals surface area (Å²) in [5, 5.41) is 23.1. The fourth-order valence-corrected chi connectivity index (χ4v) is 7.82. The lowest BCUT2D eigenvalue weighted by Crippen LogP contribution is -2.45. The first-order chi connectivity index (χ1) is 29.2. The van der Waals surface area contributed by atoms with Crippen molar-refractivity contribution >= 4 is 5.91 Å². The maximum absolute atomic E-state index is 12.4. The van der Waals surface area contributed by atoms with Crippen LogP contribution < -0.4 is 5.32 Å². The van der Waals surface area contributed by atoms with Crippen molar-refractivity contribution in [1.29, 1.82) is 0 Å². The fourth-order valence-electron chi connectivity index (χ4n) is 7.82. The van der Waals surface area contributed by atoms with Crippen LogP contribution in [0, 0.1) is 0 Å². The standard InChI is InChI=1S/C55H101NO3/c1-3-5-7-9-11-13-15-17-19-21-23-25-26-27-28-29-31-32-34-36-38-40-42-44-46-48-50-54(58)53(52-57)56-55(59)51-49-47-45-43-41-39-37-35-33-30-24-22-20-18-16-14-12-10-8-6-4-2/h6,8,12,14,18,20,24,30,48,50,53-54,57-58H,3-5,7,9-11,13,15-17,19,21-23,25-29,31-47,49,51-52H2,1-2H3,(H,56,59)/b8-6-,14-12-,20-18-,30-24-,50-48+. The second kappa shape index (κ2) is 50.4. The molecule has 59 heavy (non-hydrogen) atoms. The number of unbranched alkanes of at least 4 members (excludes halogenated alkanes) is 32. The van der Waals surface area contributed by atoms with Crippen LogP contribution >= 0.6 is 0 Å². The van der Waals surface area contributed by atoms with Crippen molar-refractivity contribution in [2.24, 2.45) is 0 Å². The molecule has 3 N–H and O–H groups in total. The highest BCUT2D eigenvalue weighted by Gasteiger charge is 2.18. The normalized spacial score (nSPS) is 13.4. The Morgan fingerprint density at radius 3 is 1.12 bits per heavy atom. The largest absolute Gasteiger partial charge is 0.394 e. The van der Waals surface area contributed by atoms with Gasteiger partial charge in [0.25, 0.3) is 0 Å². The molecule has 0 aliphatic heterocycles. The number of hydrogen-bond acceptors (Lipinski definition) is 3. The van der Waals surface area contributed by atoms with Crippen molar-refractivity contribution in [1.82, 2.24) is 5.32 Å². The molecule has 344 valence electrons. The molecule has 0 saturated carbocycles. The second-order valence-electron chi connectivity index (χ2n) is 17.6. The van der Waals surface area contributed by atoms with Crippen molar-refractivity contribution < 1.29 is 15.0 Å². The van der Waals surface area contributed by atoms with Crippen LogP contribution in [0.1, 0.15) is 264 Å². The molecule has 0 bridgehead atoms. The quantitative estimate of drug-likeness (QED) is 0.0423. The van der Waals surface area contributed by atoms with Gasteiger partial charge in [0.05, 0.1) is 18.8 Å². The number of hydrogen-bond donors (Lipinski definition) is 3. The highest BCUT2D eigenvalue weighted by Crippen LogP contribution is 2.16. The van der Waals surface area contributed by atoms with Gasteiger partial charge in [-0.05, 0) is 57.8 Å². The average molecular weight is 824 g/mol. The van der Waals surface area contributed by atoms with Crippen LogP contribution in [-0.4, -0.2) is 34.9 Å². The number of nitrogens with one attached hydrogen (secondary N) is 1. The van der Waals surface area contributed by atoms with Crippen LogP contribution in [0.3, 0.4) is 0 Å². The minimum absolute atomic E-state index is 0.0719. The molecule has 0 aliphatic rings. The first-order valence-electron chi connectivity index (χ1n) is 26.0. The van der Waals surface area contributed by atoms with E-state index in [0.717, 1.165) is 51.4 Å². The van der Waals surface area contributed by atoms with Crippen LogP contribution in [0.2, 0.25) is 0 Å².